The van der Waals surface area contributed by atoms with Gasteiger partial charge in [-0.25, -0.2) is 0 Å². The maximum absolute atomic E-state index is 12.2. The topological polar surface area (TPSA) is 38.3 Å². The molecule has 2 rings (SSSR count). The van der Waals surface area contributed by atoms with Gasteiger partial charge >= 0.3 is 0 Å². The number of halogens is 1. The highest BCUT2D eigenvalue weighted by molar-refractivity contribution is 6.31. The van der Waals surface area contributed by atoms with E-state index in [1.54, 1.807) is 7.11 Å². The van der Waals surface area contributed by atoms with E-state index in [1.807, 2.05) is 48.5 Å². The zero-order valence-electron chi connectivity index (χ0n) is 13.5. The number of nitrogens with one attached hydrogen (secondary N) is 1. The largest absolute Gasteiger partial charge is 0.497 e. The van der Waals surface area contributed by atoms with E-state index >= 15 is 0 Å². The first-order chi connectivity index (χ1) is 11.1. The summed E-state index contributed by atoms with van der Waals surface area (Å²) >= 11 is 6.12. The number of benzene rings is 2. The molecule has 122 valence electrons. The molecule has 1 amide bonds. The lowest BCUT2D eigenvalue weighted by molar-refractivity contribution is -0.121. The molecule has 4 heteroatoms. The number of rotatable bonds is 7. The lowest BCUT2D eigenvalue weighted by Gasteiger charge is -2.18. The molecular formula is C19H22ClNO2. The predicted molar refractivity (Wildman–Crippen MR) is 93.9 cm³/mol. The molecule has 3 nitrogen and oxygen atoms in total. The first kappa shape index (κ1) is 17.4. The summed E-state index contributed by atoms with van der Waals surface area (Å²) in [6.45, 7) is 2.06. The van der Waals surface area contributed by atoms with Gasteiger partial charge in [0, 0.05) is 11.4 Å². The number of ether oxygens (including phenoxy) is 1. The van der Waals surface area contributed by atoms with Crippen molar-refractivity contribution >= 4 is 17.5 Å². The van der Waals surface area contributed by atoms with Gasteiger partial charge in [0.05, 0.1) is 13.2 Å². The van der Waals surface area contributed by atoms with E-state index in [0.29, 0.717) is 17.9 Å². The minimum absolute atomic E-state index is 0.0136. The summed E-state index contributed by atoms with van der Waals surface area (Å²) in [5, 5.41) is 3.80. The highest BCUT2D eigenvalue weighted by Gasteiger charge is 2.13. The van der Waals surface area contributed by atoms with Crippen LogP contribution in [0.5, 0.6) is 5.75 Å². The Morgan fingerprint density at radius 1 is 1.17 bits per heavy atom. The van der Waals surface area contributed by atoms with Crippen LogP contribution in [0.3, 0.4) is 0 Å². The first-order valence-corrected chi connectivity index (χ1v) is 8.18. The van der Waals surface area contributed by atoms with Crippen LogP contribution in [-0.4, -0.2) is 13.0 Å². The first-order valence-electron chi connectivity index (χ1n) is 7.80. The fourth-order valence-electron chi connectivity index (χ4n) is 2.47. The Bertz CT molecular complexity index is 640. The van der Waals surface area contributed by atoms with E-state index in [0.717, 1.165) is 23.3 Å². The van der Waals surface area contributed by atoms with Crippen molar-refractivity contribution in [3.8, 4) is 5.75 Å². The Morgan fingerprint density at radius 3 is 2.48 bits per heavy atom. The quantitative estimate of drug-likeness (QED) is 0.808. The van der Waals surface area contributed by atoms with Gasteiger partial charge in [0.15, 0.2) is 0 Å². The smallest absolute Gasteiger partial charge is 0.220 e. The third-order valence-corrected chi connectivity index (χ3v) is 4.21. The van der Waals surface area contributed by atoms with Gasteiger partial charge in [0.2, 0.25) is 5.91 Å². The van der Waals surface area contributed by atoms with Crippen molar-refractivity contribution in [3.63, 3.8) is 0 Å². The zero-order chi connectivity index (χ0) is 16.7. The Morgan fingerprint density at radius 2 is 1.87 bits per heavy atom. The van der Waals surface area contributed by atoms with Gasteiger partial charge in [-0.3, -0.25) is 4.79 Å². The lowest BCUT2D eigenvalue weighted by atomic mass is 10.0. The average Bonchev–Trinajstić information content (AvgIpc) is 2.59. The molecular weight excluding hydrogens is 310 g/mol. The second-order valence-corrected chi connectivity index (χ2v) is 5.80. The minimum atomic E-state index is 0.0136. The summed E-state index contributed by atoms with van der Waals surface area (Å²) in [4.78, 5) is 12.2. The van der Waals surface area contributed by atoms with Crippen molar-refractivity contribution in [2.45, 2.75) is 32.2 Å². The maximum Gasteiger partial charge on any atom is 0.220 e. The molecule has 0 fully saturated rings. The number of aryl methyl sites for hydroxylation is 1. The lowest BCUT2D eigenvalue weighted by Crippen LogP contribution is -2.28. The number of amides is 1. The summed E-state index contributed by atoms with van der Waals surface area (Å²) in [7, 11) is 1.64. The van der Waals surface area contributed by atoms with Crippen LogP contribution in [0.15, 0.2) is 48.5 Å². The molecule has 0 saturated heterocycles. The van der Waals surface area contributed by atoms with Gasteiger partial charge in [-0.15, -0.1) is 0 Å². The van der Waals surface area contributed by atoms with Crippen LogP contribution < -0.4 is 10.1 Å². The highest BCUT2D eigenvalue weighted by Crippen LogP contribution is 2.21. The van der Waals surface area contributed by atoms with Gasteiger partial charge < -0.3 is 10.1 Å². The maximum atomic E-state index is 12.2. The number of carbonyl (C=O) groups is 1. The third-order valence-electron chi connectivity index (χ3n) is 3.84. The van der Waals surface area contributed by atoms with E-state index in [9.17, 15) is 4.79 Å². The fourth-order valence-corrected chi connectivity index (χ4v) is 2.70. The molecule has 23 heavy (non-hydrogen) atoms. The van der Waals surface area contributed by atoms with E-state index < -0.39 is 0 Å². The monoisotopic (exact) mass is 331 g/mol. The van der Waals surface area contributed by atoms with Crippen LogP contribution in [0, 0.1) is 0 Å². The van der Waals surface area contributed by atoms with E-state index in [2.05, 4.69) is 12.2 Å². The van der Waals surface area contributed by atoms with Crippen LogP contribution in [0.4, 0.5) is 0 Å². The van der Waals surface area contributed by atoms with Gasteiger partial charge in [0.1, 0.15) is 5.75 Å². The summed E-state index contributed by atoms with van der Waals surface area (Å²) < 4.78 is 5.16. The fraction of sp³-hybridized carbons (Fsp3) is 0.316. The minimum Gasteiger partial charge on any atom is -0.497 e. The number of hydrogen-bond donors (Lipinski definition) is 1. The van der Waals surface area contributed by atoms with Crippen LogP contribution >= 0.6 is 11.6 Å². The zero-order valence-corrected chi connectivity index (χ0v) is 14.3. The van der Waals surface area contributed by atoms with Gasteiger partial charge in [-0.1, -0.05) is 48.9 Å². The third kappa shape index (κ3) is 5.00. The molecule has 2 aromatic carbocycles. The van der Waals surface area contributed by atoms with E-state index in [4.69, 9.17) is 16.3 Å². The van der Waals surface area contributed by atoms with E-state index in [-0.39, 0.29) is 11.9 Å². The molecule has 0 aliphatic rings. The number of hydrogen-bond acceptors (Lipinski definition) is 2. The van der Waals surface area contributed by atoms with Crippen LogP contribution in [0.2, 0.25) is 5.02 Å². The van der Waals surface area contributed by atoms with Crippen LogP contribution in [-0.2, 0) is 11.2 Å². The summed E-state index contributed by atoms with van der Waals surface area (Å²) in [5.74, 6) is 0.848. The molecule has 0 aromatic heterocycles. The average molecular weight is 332 g/mol. The van der Waals surface area contributed by atoms with Crippen molar-refractivity contribution < 1.29 is 9.53 Å². The summed E-state index contributed by atoms with van der Waals surface area (Å²) in [6, 6.07) is 15.4. The summed E-state index contributed by atoms with van der Waals surface area (Å²) in [6.07, 6.45) is 1.91. The van der Waals surface area contributed by atoms with Crippen molar-refractivity contribution in [1.82, 2.24) is 5.32 Å². The molecule has 0 heterocycles. The predicted octanol–water partition coefficient (Wildman–Crippen LogP) is 4.55. The standard InChI is InChI=1S/C19H22ClNO2/c1-3-18(15-8-11-16(23-2)12-9-15)21-19(22)13-10-14-6-4-5-7-17(14)20/h4-9,11-12,18H,3,10,13H2,1-2H3,(H,21,22)/t18-/m0/s1. The molecule has 0 radical (unpaired) electrons. The normalized spacial score (nSPS) is 11.8. The molecule has 0 spiro atoms. The molecule has 0 saturated carbocycles. The molecule has 1 N–H and O–H groups in total. The molecule has 0 aliphatic carbocycles. The highest BCUT2D eigenvalue weighted by atomic mass is 35.5. The Hall–Kier alpha value is -2.00. The Balaban J connectivity index is 1.92. The van der Waals surface area contributed by atoms with Crippen molar-refractivity contribution in [1.29, 1.82) is 0 Å². The van der Waals surface area contributed by atoms with E-state index in [1.165, 1.54) is 0 Å². The molecule has 0 unspecified atom stereocenters. The number of carbonyl (C=O) groups excluding carboxylic acids is 1. The van der Waals surface area contributed by atoms with Gasteiger partial charge in [-0.05, 0) is 42.2 Å². The Labute approximate surface area is 142 Å². The van der Waals surface area contributed by atoms with Crippen molar-refractivity contribution in [3.05, 3.63) is 64.7 Å². The molecule has 2 aromatic rings. The van der Waals surface area contributed by atoms with Crippen molar-refractivity contribution in [2.24, 2.45) is 0 Å². The molecule has 0 bridgehead atoms. The summed E-state index contributed by atoms with van der Waals surface area (Å²) in [5.41, 5.74) is 2.08. The molecule has 1 atom stereocenters. The SMILES string of the molecule is CC[C@H](NC(=O)CCc1ccccc1Cl)c1ccc(OC)cc1. The van der Waals surface area contributed by atoms with Crippen molar-refractivity contribution in [2.75, 3.05) is 7.11 Å². The number of methoxy groups -OCH3 is 1. The molecule has 0 aliphatic heterocycles. The van der Waals surface area contributed by atoms with Gasteiger partial charge in [0.25, 0.3) is 0 Å². The Kier molecular flexibility index (Phi) is 6.48. The van der Waals surface area contributed by atoms with Crippen LogP contribution in [0.1, 0.15) is 36.9 Å². The van der Waals surface area contributed by atoms with Crippen LogP contribution in [0.25, 0.3) is 0 Å². The second-order valence-electron chi connectivity index (χ2n) is 5.39. The van der Waals surface area contributed by atoms with Gasteiger partial charge in [-0.2, -0.15) is 0 Å². The second kappa shape index (κ2) is 8.59.